The molecule has 4 heteroatoms. The Bertz CT molecular complexity index is 280. The molecule has 0 amide bonds. The molecule has 0 bridgehead atoms. The fraction of sp³-hybridized carbons (Fsp3) is 0.857. The quantitative estimate of drug-likeness (QED) is 0.583. The van der Waals surface area contributed by atoms with E-state index in [-0.39, 0.29) is 11.6 Å². The van der Waals surface area contributed by atoms with Crippen molar-refractivity contribution in [2.24, 2.45) is 5.84 Å². The van der Waals surface area contributed by atoms with Crippen LogP contribution in [0.1, 0.15) is 51.9 Å². The van der Waals surface area contributed by atoms with Crippen LogP contribution in [0.15, 0.2) is 11.8 Å². The Morgan fingerprint density at radius 1 is 1.39 bits per heavy atom. The summed E-state index contributed by atoms with van der Waals surface area (Å²) >= 11 is 0. The molecule has 1 heterocycles. The minimum absolute atomic E-state index is 0.0954. The zero-order valence-corrected chi connectivity index (χ0v) is 11.4. The number of hydrazine groups is 1. The lowest BCUT2D eigenvalue weighted by atomic mass is 9.76. The second kappa shape index (κ2) is 6.55. The second-order valence-corrected chi connectivity index (χ2v) is 5.33. The van der Waals surface area contributed by atoms with Crippen LogP contribution in [0.2, 0.25) is 0 Å². The summed E-state index contributed by atoms with van der Waals surface area (Å²) in [5.41, 5.74) is 4.13. The van der Waals surface area contributed by atoms with Gasteiger partial charge in [0, 0.05) is 6.61 Å². The molecule has 1 atom stereocenters. The molecule has 1 aliphatic carbocycles. The van der Waals surface area contributed by atoms with Crippen LogP contribution in [0.4, 0.5) is 0 Å². The molecule has 104 valence electrons. The van der Waals surface area contributed by atoms with E-state index in [1.165, 1.54) is 24.8 Å². The van der Waals surface area contributed by atoms with Crippen molar-refractivity contribution in [2.75, 3.05) is 13.2 Å². The van der Waals surface area contributed by atoms with Gasteiger partial charge in [0.25, 0.3) is 0 Å². The smallest absolute Gasteiger partial charge is 0.0887 e. The van der Waals surface area contributed by atoms with E-state index in [0.717, 1.165) is 38.9 Å². The lowest BCUT2D eigenvalue weighted by Crippen LogP contribution is -2.57. The molecule has 0 aromatic heterocycles. The van der Waals surface area contributed by atoms with Crippen LogP contribution in [-0.2, 0) is 9.47 Å². The highest BCUT2D eigenvalue weighted by atomic mass is 16.5. The van der Waals surface area contributed by atoms with Crippen molar-refractivity contribution in [3.63, 3.8) is 0 Å². The predicted molar refractivity (Wildman–Crippen MR) is 71.8 cm³/mol. The number of nitrogens with one attached hydrogen (secondary N) is 1. The van der Waals surface area contributed by atoms with Gasteiger partial charge in [-0.2, -0.15) is 0 Å². The van der Waals surface area contributed by atoms with Crippen LogP contribution in [-0.4, -0.2) is 24.9 Å². The molecule has 1 aliphatic heterocycles. The predicted octanol–water partition coefficient (Wildman–Crippen LogP) is 2.25. The van der Waals surface area contributed by atoms with Crippen molar-refractivity contribution < 1.29 is 9.47 Å². The van der Waals surface area contributed by atoms with Crippen LogP contribution in [0.25, 0.3) is 0 Å². The van der Waals surface area contributed by atoms with Gasteiger partial charge in [-0.25, -0.2) is 0 Å². The van der Waals surface area contributed by atoms with Gasteiger partial charge in [0.2, 0.25) is 0 Å². The van der Waals surface area contributed by atoms with Crippen LogP contribution in [0.3, 0.4) is 0 Å². The molecule has 1 unspecified atom stereocenters. The standard InChI is InChI=1S/C14H26N2O2/c1-2-18-14(8-4-3-5-9-14)13(16-15)12-7-6-10-17-11-12/h11,13,16H,2-10,15H2,1H3. The summed E-state index contributed by atoms with van der Waals surface area (Å²) in [5, 5.41) is 0. The number of rotatable bonds is 5. The normalized spacial score (nSPS) is 25.1. The number of nitrogens with two attached hydrogens (primary N) is 1. The van der Waals surface area contributed by atoms with Crippen LogP contribution in [0, 0.1) is 0 Å². The fourth-order valence-electron chi connectivity index (χ4n) is 3.35. The molecular weight excluding hydrogens is 228 g/mol. The average molecular weight is 254 g/mol. The maximum absolute atomic E-state index is 6.14. The highest BCUT2D eigenvalue weighted by molar-refractivity contribution is 5.17. The molecular formula is C14H26N2O2. The van der Waals surface area contributed by atoms with Crippen molar-refractivity contribution >= 4 is 0 Å². The van der Waals surface area contributed by atoms with Gasteiger partial charge in [-0.1, -0.05) is 19.3 Å². The van der Waals surface area contributed by atoms with E-state index in [2.05, 4.69) is 12.3 Å². The third-order valence-electron chi connectivity index (χ3n) is 4.16. The zero-order valence-electron chi connectivity index (χ0n) is 11.4. The second-order valence-electron chi connectivity index (χ2n) is 5.33. The molecule has 4 nitrogen and oxygen atoms in total. The van der Waals surface area contributed by atoms with E-state index >= 15 is 0 Å². The fourth-order valence-corrected chi connectivity index (χ4v) is 3.35. The largest absolute Gasteiger partial charge is 0.501 e. The molecule has 3 N–H and O–H groups in total. The third-order valence-corrected chi connectivity index (χ3v) is 4.16. The van der Waals surface area contributed by atoms with Gasteiger partial charge in [-0.15, -0.1) is 0 Å². The molecule has 18 heavy (non-hydrogen) atoms. The highest BCUT2D eigenvalue weighted by Gasteiger charge is 2.42. The van der Waals surface area contributed by atoms with Crippen molar-refractivity contribution in [2.45, 2.75) is 63.5 Å². The highest BCUT2D eigenvalue weighted by Crippen LogP contribution is 2.38. The van der Waals surface area contributed by atoms with Gasteiger partial charge in [-0.05, 0) is 38.2 Å². The molecule has 2 rings (SSSR count). The van der Waals surface area contributed by atoms with Crippen molar-refractivity contribution in [3.05, 3.63) is 11.8 Å². The van der Waals surface area contributed by atoms with Gasteiger partial charge in [0.1, 0.15) is 0 Å². The van der Waals surface area contributed by atoms with Gasteiger partial charge in [0.15, 0.2) is 0 Å². The topological polar surface area (TPSA) is 56.5 Å². The van der Waals surface area contributed by atoms with E-state index < -0.39 is 0 Å². The van der Waals surface area contributed by atoms with E-state index in [1.54, 1.807) is 0 Å². The summed E-state index contributed by atoms with van der Waals surface area (Å²) in [6, 6.07) is 0.0954. The maximum Gasteiger partial charge on any atom is 0.0887 e. The average Bonchev–Trinajstić information content (AvgIpc) is 2.42. The van der Waals surface area contributed by atoms with E-state index in [9.17, 15) is 0 Å². The summed E-state index contributed by atoms with van der Waals surface area (Å²) in [5.74, 6) is 5.82. The Hall–Kier alpha value is -0.580. The Morgan fingerprint density at radius 2 is 2.17 bits per heavy atom. The Kier molecular flexibility index (Phi) is 5.03. The molecule has 0 spiro atoms. The minimum atomic E-state index is -0.131. The van der Waals surface area contributed by atoms with Gasteiger partial charge in [0.05, 0.1) is 24.5 Å². The monoisotopic (exact) mass is 254 g/mol. The van der Waals surface area contributed by atoms with Gasteiger partial charge < -0.3 is 9.47 Å². The van der Waals surface area contributed by atoms with Gasteiger partial charge >= 0.3 is 0 Å². The summed E-state index contributed by atoms with van der Waals surface area (Å²) in [6.07, 6.45) is 9.97. The first-order valence-electron chi connectivity index (χ1n) is 7.23. The van der Waals surface area contributed by atoms with Crippen LogP contribution in [0.5, 0.6) is 0 Å². The lowest BCUT2D eigenvalue weighted by Gasteiger charge is -2.44. The van der Waals surface area contributed by atoms with Crippen LogP contribution < -0.4 is 11.3 Å². The first-order chi connectivity index (χ1) is 8.82. The number of hydrogen-bond acceptors (Lipinski definition) is 4. The molecule has 1 fully saturated rings. The van der Waals surface area contributed by atoms with E-state index in [1.807, 2.05) is 6.26 Å². The maximum atomic E-state index is 6.14. The molecule has 0 aromatic carbocycles. The van der Waals surface area contributed by atoms with Crippen LogP contribution >= 0.6 is 0 Å². The van der Waals surface area contributed by atoms with E-state index in [0.29, 0.717) is 0 Å². The lowest BCUT2D eigenvalue weighted by molar-refractivity contribution is -0.0836. The Balaban J connectivity index is 2.17. The van der Waals surface area contributed by atoms with Gasteiger partial charge in [-0.3, -0.25) is 11.3 Å². The number of ether oxygens (including phenoxy) is 2. The van der Waals surface area contributed by atoms with Crippen molar-refractivity contribution in [1.29, 1.82) is 0 Å². The molecule has 0 radical (unpaired) electrons. The Morgan fingerprint density at radius 3 is 2.72 bits per heavy atom. The SMILES string of the molecule is CCOC1(C(NN)C2=COCCC2)CCCCC1. The molecule has 1 saturated carbocycles. The first-order valence-corrected chi connectivity index (χ1v) is 7.23. The summed E-state index contributed by atoms with van der Waals surface area (Å²) in [6.45, 7) is 3.63. The first kappa shape index (κ1) is 13.8. The molecule has 0 aromatic rings. The zero-order chi connectivity index (χ0) is 12.8. The van der Waals surface area contributed by atoms with E-state index in [4.69, 9.17) is 15.3 Å². The summed E-state index contributed by atoms with van der Waals surface area (Å²) in [7, 11) is 0. The third kappa shape index (κ3) is 2.87. The van der Waals surface area contributed by atoms with Crippen molar-refractivity contribution in [3.8, 4) is 0 Å². The number of hydrogen-bond donors (Lipinski definition) is 2. The van der Waals surface area contributed by atoms with Crippen molar-refractivity contribution in [1.82, 2.24) is 5.43 Å². The molecule has 2 aliphatic rings. The summed E-state index contributed by atoms with van der Waals surface area (Å²) < 4.78 is 11.6. The Labute approximate surface area is 110 Å². The molecule has 0 saturated heterocycles. The minimum Gasteiger partial charge on any atom is -0.501 e. The summed E-state index contributed by atoms with van der Waals surface area (Å²) in [4.78, 5) is 0.